The molecule has 1 rings (SSSR count). The number of hydrogen-bond acceptors (Lipinski definition) is 3. The maximum Gasteiger partial charge on any atom is 0.193 e. The lowest BCUT2D eigenvalue weighted by Gasteiger charge is -1.83. The van der Waals surface area contributed by atoms with Gasteiger partial charge in [-0.1, -0.05) is 0 Å². The van der Waals surface area contributed by atoms with Crippen LogP contribution < -0.4 is 0 Å². The Morgan fingerprint density at radius 1 is 1.80 bits per heavy atom. The summed E-state index contributed by atoms with van der Waals surface area (Å²) in [5.74, 6) is 1.21. The Morgan fingerprint density at radius 2 is 2.50 bits per heavy atom. The van der Waals surface area contributed by atoms with Gasteiger partial charge in [-0.3, -0.25) is 9.89 Å². The van der Waals surface area contributed by atoms with Crippen LogP contribution in [-0.2, 0) is 11.2 Å². The minimum absolute atomic E-state index is 0.188. The smallest absolute Gasteiger partial charge is 0.193 e. The topological polar surface area (TPSA) is 58.6 Å². The van der Waals surface area contributed by atoms with Crippen LogP contribution in [0.1, 0.15) is 11.6 Å². The monoisotopic (exact) mass is 157 g/mol. The minimum Gasteiger partial charge on any atom is -0.287 e. The number of aromatic nitrogens is 3. The van der Waals surface area contributed by atoms with Gasteiger partial charge in [-0.15, -0.1) is 12.6 Å². The van der Waals surface area contributed by atoms with Crippen molar-refractivity contribution < 1.29 is 4.79 Å². The van der Waals surface area contributed by atoms with E-state index in [2.05, 4.69) is 27.8 Å². The number of nitrogens with one attached hydrogen (secondary N) is 1. The number of nitrogens with zero attached hydrogens (tertiary/aromatic N) is 2. The summed E-state index contributed by atoms with van der Waals surface area (Å²) in [6, 6.07) is 0. The Bertz CT molecular complexity index is 245. The van der Waals surface area contributed by atoms with Crippen molar-refractivity contribution in [2.75, 3.05) is 0 Å². The maximum atomic E-state index is 10.4. The second-order valence-corrected chi connectivity index (χ2v) is 2.41. The summed E-state index contributed by atoms with van der Waals surface area (Å²) in [4.78, 5) is 14.3. The Morgan fingerprint density at radius 3 is 2.90 bits per heavy atom. The zero-order valence-electron chi connectivity index (χ0n) is 5.46. The van der Waals surface area contributed by atoms with Gasteiger partial charge in [-0.25, -0.2) is 4.98 Å². The molecule has 0 atom stereocenters. The predicted molar refractivity (Wildman–Crippen MR) is 38.8 cm³/mol. The molecule has 1 aromatic rings. The van der Waals surface area contributed by atoms with Crippen molar-refractivity contribution in [3.05, 3.63) is 11.6 Å². The summed E-state index contributed by atoms with van der Waals surface area (Å²) in [6.45, 7) is 1.78. The van der Waals surface area contributed by atoms with E-state index >= 15 is 0 Å². The molecule has 0 spiro atoms. The Hall–Kier alpha value is -0.840. The number of hydrogen-bond donors (Lipinski definition) is 2. The molecule has 4 nitrogen and oxygen atoms in total. The van der Waals surface area contributed by atoms with Crippen molar-refractivity contribution in [2.45, 2.75) is 13.3 Å². The van der Waals surface area contributed by atoms with Crippen LogP contribution in [0.15, 0.2) is 0 Å². The minimum atomic E-state index is -0.223. The van der Waals surface area contributed by atoms with Gasteiger partial charge < -0.3 is 0 Å². The molecule has 0 saturated carbocycles. The van der Waals surface area contributed by atoms with Gasteiger partial charge in [0.25, 0.3) is 0 Å². The van der Waals surface area contributed by atoms with Crippen molar-refractivity contribution in [3.63, 3.8) is 0 Å². The number of carbonyl (C=O) groups excluding carboxylic acids is 1. The number of H-pyrrole nitrogens is 1. The zero-order valence-corrected chi connectivity index (χ0v) is 6.35. The van der Waals surface area contributed by atoms with Gasteiger partial charge in [0, 0.05) is 0 Å². The molecule has 54 valence electrons. The van der Waals surface area contributed by atoms with Crippen LogP contribution >= 0.6 is 12.6 Å². The van der Waals surface area contributed by atoms with Gasteiger partial charge in [0.1, 0.15) is 5.82 Å². The Kier molecular flexibility index (Phi) is 2.06. The highest BCUT2D eigenvalue weighted by atomic mass is 32.1. The Labute approximate surface area is 63.5 Å². The number of aryl methyl sites for hydroxylation is 1. The van der Waals surface area contributed by atoms with E-state index in [1.54, 1.807) is 6.92 Å². The van der Waals surface area contributed by atoms with Gasteiger partial charge >= 0.3 is 0 Å². The zero-order chi connectivity index (χ0) is 7.56. The predicted octanol–water partition coefficient (Wildman–Crippen LogP) is 0.112. The van der Waals surface area contributed by atoms with Crippen LogP contribution in [0, 0.1) is 6.92 Å². The van der Waals surface area contributed by atoms with Gasteiger partial charge in [0.2, 0.25) is 0 Å². The second kappa shape index (κ2) is 2.83. The molecule has 0 bridgehead atoms. The van der Waals surface area contributed by atoms with Gasteiger partial charge in [0.15, 0.2) is 10.9 Å². The first-order valence-corrected chi connectivity index (χ1v) is 3.23. The first-order valence-electron chi connectivity index (χ1n) is 2.78. The maximum absolute atomic E-state index is 10.4. The van der Waals surface area contributed by atoms with Crippen LogP contribution in [0.25, 0.3) is 0 Å². The van der Waals surface area contributed by atoms with Crippen LogP contribution in [-0.4, -0.2) is 20.3 Å². The van der Waals surface area contributed by atoms with E-state index in [1.165, 1.54) is 0 Å². The highest BCUT2D eigenvalue weighted by Crippen LogP contribution is 1.94. The fraction of sp³-hybridized carbons (Fsp3) is 0.400. The first-order chi connectivity index (χ1) is 4.68. The van der Waals surface area contributed by atoms with E-state index < -0.39 is 0 Å². The molecule has 1 aromatic heterocycles. The van der Waals surface area contributed by atoms with Crippen molar-refractivity contribution in [3.8, 4) is 0 Å². The van der Waals surface area contributed by atoms with Crippen molar-refractivity contribution >= 4 is 17.7 Å². The molecule has 0 amide bonds. The fourth-order valence-corrected chi connectivity index (χ4v) is 0.745. The molecule has 1 N–H and O–H groups in total. The van der Waals surface area contributed by atoms with Crippen molar-refractivity contribution in [1.82, 2.24) is 15.2 Å². The lowest BCUT2D eigenvalue weighted by molar-refractivity contribution is -0.110. The molecule has 0 unspecified atom stereocenters. The third-order valence-corrected chi connectivity index (χ3v) is 1.11. The number of rotatable bonds is 2. The lowest BCUT2D eigenvalue weighted by Crippen LogP contribution is -1.95. The molecule has 0 saturated heterocycles. The molecule has 0 radical (unpaired) electrons. The first kappa shape index (κ1) is 7.27. The molecule has 0 aliphatic heterocycles. The van der Waals surface area contributed by atoms with E-state index in [0.29, 0.717) is 11.6 Å². The molecule has 10 heavy (non-hydrogen) atoms. The van der Waals surface area contributed by atoms with Crippen molar-refractivity contribution in [1.29, 1.82) is 0 Å². The average Bonchev–Trinajstić information content (AvgIpc) is 2.13. The van der Waals surface area contributed by atoms with Crippen molar-refractivity contribution in [2.24, 2.45) is 0 Å². The largest absolute Gasteiger partial charge is 0.287 e. The van der Waals surface area contributed by atoms with Gasteiger partial charge in [-0.2, -0.15) is 5.10 Å². The van der Waals surface area contributed by atoms with E-state index in [0.717, 1.165) is 0 Å². The van der Waals surface area contributed by atoms with Crippen LogP contribution in [0.2, 0.25) is 0 Å². The van der Waals surface area contributed by atoms with Gasteiger partial charge in [-0.05, 0) is 6.92 Å². The summed E-state index contributed by atoms with van der Waals surface area (Å²) in [5, 5.41) is 6.15. The number of carbonyl (C=O) groups is 1. The molecular formula is C5H7N3OS. The molecule has 0 fully saturated rings. The quantitative estimate of drug-likeness (QED) is 0.599. The standard InChI is InChI=1S/C5H7N3OS/c1-3-6-4(8-7-3)2-5(9)10/h2H2,1H3,(H,9,10)(H,6,7,8). The third kappa shape index (κ3) is 1.84. The van der Waals surface area contributed by atoms with E-state index in [1.807, 2.05) is 0 Å². The van der Waals surface area contributed by atoms with E-state index in [9.17, 15) is 4.79 Å². The lowest BCUT2D eigenvalue weighted by atomic mass is 10.4. The third-order valence-electron chi connectivity index (χ3n) is 0.953. The number of thiol groups is 1. The molecule has 0 aliphatic carbocycles. The Balaban J connectivity index is 2.67. The summed E-state index contributed by atoms with van der Waals surface area (Å²) < 4.78 is 0. The summed E-state index contributed by atoms with van der Waals surface area (Å²) in [5.41, 5.74) is 0. The normalized spacial score (nSPS) is 9.80. The summed E-state index contributed by atoms with van der Waals surface area (Å²) >= 11 is 3.59. The average molecular weight is 157 g/mol. The fourth-order valence-electron chi connectivity index (χ4n) is 0.603. The molecular weight excluding hydrogens is 150 g/mol. The molecule has 1 heterocycles. The molecule has 0 aromatic carbocycles. The number of aromatic amines is 1. The molecule has 0 aliphatic rings. The van der Waals surface area contributed by atoms with Crippen LogP contribution in [0.3, 0.4) is 0 Å². The summed E-state index contributed by atoms with van der Waals surface area (Å²) in [7, 11) is 0. The molecule has 5 heteroatoms. The van der Waals surface area contributed by atoms with Gasteiger partial charge in [0.05, 0.1) is 6.42 Å². The van der Waals surface area contributed by atoms with E-state index in [4.69, 9.17) is 0 Å². The SMILES string of the molecule is Cc1nc(CC(=O)S)n[nH]1. The highest BCUT2D eigenvalue weighted by molar-refractivity contribution is 7.96. The van der Waals surface area contributed by atoms with Crippen LogP contribution in [0.4, 0.5) is 0 Å². The van der Waals surface area contributed by atoms with E-state index in [-0.39, 0.29) is 11.5 Å². The summed E-state index contributed by atoms with van der Waals surface area (Å²) in [6.07, 6.45) is 0.188. The second-order valence-electron chi connectivity index (χ2n) is 1.91. The van der Waals surface area contributed by atoms with Crippen LogP contribution in [0.5, 0.6) is 0 Å². The highest BCUT2D eigenvalue weighted by Gasteiger charge is 2.02.